The van der Waals surface area contributed by atoms with Crippen molar-refractivity contribution >= 4 is 17.6 Å². The Kier molecular flexibility index (Phi) is 5.52. The molecule has 1 aromatic heterocycles. The molecule has 26 heavy (non-hydrogen) atoms. The predicted molar refractivity (Wildman–Crippen MR) is 95.8 cm³/mol. The minimum absolute atomic E-state index is 0.0649. The molecule has 0 radical (unpaired) electrons. The average Bonchev–Trinajstić information content (AvgIpc) is 2.56. The van der Waals surface area contributed by atoms with E-state index in [2.05, 4.69) is 15.7 Å². The first-order chi connectivity index (χ1) is 12.2. The first kappa shape index (κ1) is 18.9. The second-order valence-corrected chi connectivity index (χ2v) is 5.96. The van der Waals surface area contributed by atoms with Crippen molar-refractivity contribution in [1.29, 1.82) is 5.26 Å². The summed E-state index contributed by atoms with van der Waals surface area (Å²) in [5.41, 5.74) is 2.84. The molecule has 2 rings (SSSR count). The maximum atomic E-state index is 12.2. The van der Waals surface area contributed by atoms with Crippen molar-refractivity contribution in [2.45, 2.75) is 34.2 Å². The lowest BCUT2D eigenvalue weighted by atomic mass is 10.1. The number of hydrogen-bond acceptors (Lipinski definition) is 5. The molecule has 0 fully saturated rings. The molecule has 0 unspecified atom stereocenters. The van der Waals surface area contributed by atoms with Crippen LogP contribution in [0, 0.1) is 39.0 Å². The van der Waals surface area contributed by atoms with Crippen LogP contribution in [0.5, 0.6) is 0 Å². The number of carbonyl (C=O) groups is 2. The number of urea groups is 1. The summed E-state index contributed by atoms with van der Waals surface area (Å²) >= 11 is 0. The van der Waals surface area contributed by atoms with Crippen molar-refractivity contribution in [1.82, 2.24) is 15.1 Å². The predicted octanol–water partition coefficient (Wildman–Crippen LogP) is 1.70. The second-order valence-electron chi connectivity index (χ2n) is 5.96. The van der Waals surface area contributed by atoms with Crippen LogP contribution in [0.1, 0.15) is 27.9 Å². The minimum atomic E-state index is -0.715. The molecule has 0 aliphatic rings. The molecule has 134 valence electrons. The fourth-order valence-corrected chi connectivity index (χ4v) is 2.29. The van der Waals surface area contributed by atoms with Gasteiger partial charge in [0.05, 0.1) is 5.69 Å². The molecule has 0 aliphatic heterocycles. The van der Waals surface area contributed by atoms with Crippen LogP contribution in [-0.4, -0.2) is 21.7 Å². The van der Waals surface area contributed by atoms with Crippen LogP contribution in [0.4, 0.5) is 10.5 Å². The lowest BCUT2D eigenvalue weighted by molar-refractivity contribution is -0.120. The standard InChI is InChI=1S/C18H19N5O3/c1-10-5-6-14(7-11(10)2)20-18(26)21-16(24)9-23-17(25)15(8-19)12(3)13(4)22-23/h5-7H,9H2,1-4H3,(H2,20,21,24,26). The Balaban J connectivity index is 2.08. The van der Waals surface area contributed by atoms with Crippen LogP contribution in [0.2, 0.25) is 0 Å². The molecule has 0 saturated carbocycles. The number of nitriles is 1. The van der Waals surface area contributed by atoms with Crippen molar-refractivity contribution in [3.8, 4) is 6.07 Å². The maximum absolute atomic E-state index is 12.2. The molecule has 3 amide bonds. The molecule has 0 bridgehead atoms. The van der Waals surface area contributed by atoms with Crippen molar-refractivity contribution in [2.75, 3.05) is 5.32 Å². The van der Waals surface area contributed by atoms with Gasteiger partial charge >= 0.3 is 6.03 Å². The van der Waals surface area contributed by atoms with E-state index in [1.807, 2.05) is 26.0 Å². The Morgan fingerprint density at radius 3 is 2.50 bits per heavy atom. The fraction of sp³-hybridized carbons (Fsp3) is 0.278. The number of benzene rings is 1. The van der Waals surface area contributed by atoms with Gasteiger partial charge in [-0.25, -0.2) is 9.48 Å². The van der Waals surface area contributed by atoms with Crippen molar-refractivity contribution in [2.24, 2.45) is 0 Å². The van der Waals surface area contributed by atoms with E-state index in [0.717, 1.165) is 15.8 Å². The molecule has 1 aromatic carbocycles. The molecule has 2 N–H and O–H groups in total. The molecule has 8 heteroatoms. The summed E-state index contributed by atoms with van der Waals surface area (Å²) < 4.78 is 0.875. The topological polar surface area (TPSA) is 117 Å². The third-order valence-electron chi connectivity index (χ3n) is 4.06. The van der Waals surface area contributed by atoms with Gasteiger partial charge in [0.25, 0.3) is 5.56 Å². The number of amides is 3. The number of aryl methyl sites for hydroxylation is 3. The highest BCUT2D eigenvalue weighted by Gasteiger charge is 2.15. The molecule has 1 heterocycles. The number of imide groups is 1. The van der Waals surface area contributed by atoms with Gasteiger partial charge in [-0.05, 0) is 56.5 Å². The minimum Gasteiger partial charge on any atom is -0.308 e. The van der Waals surface area contributed by atoms with Crippen LogP contribution in [0.3, 0.4) is 0 Å². The molecule has 2 aromatic rings. The normalized spacial score (nSPS) is 10.1. The summed E-state index contributed by atoms with van der Waals surface area (Å²) in [6.07, 6.45) is 0. The monoisotopic (exact) mass is 353 g/mol. The van der Waals surface area contributed by atoms with Gasteiger partial charge in [-0.1, -0.05) is 6.07 Å². The Bertz CT molecular complexity index is 986. The zero-order valence-corrected chi connectivity index (χ0v) is 15.0. The highest BCUT2D eigenvalue weighted by atomic mass is 16.2. The number of nitrogens with one attached hydrogen (secondary N) is 2. The Hall–Kier alpha value is -3.47. The third kappa shape index (κ3) is 4.13. The number of hydrogen-bond donors (Lipinski definition) is 2. The number of aromatic nitrogens is 2. The molecule has 0 aliphatic carbocycles. The summed E-state index contributed by atoms with van der Waals surface area (Å²) in [7, 11) is 0. The van der Waals surface area contributed by atoms with E-state index in [0.29, 0.717) is 16.9 Å². The molecule has 8 nitrogen and oxygen atoms in total. The van der Waals surface area contributed by atoms with E-state index >= 15 is 0 Å². The van der Waals surface area contributed by atoms with E-state index in [-0.39, 0.29) is 5.56 Å². The van der Waals surface area contributed by atoms with Gasteiger partial charge in [0, 0.05) is 5.69 Å². The highest BCUT2D eigenvalue weighted by Crippen LogP contribution is 2.13. The molecule has 0 atom stereocenters. The van der Waals surface area contributed by atoms with E-state index < -0.39 is 24.0 Å². The highest BCUT2D eigenvalue weighted by molar-refractivity contribution is 6.01. The first-order valence-corrected chi connectivity index (χ1v) is 7.89. The number of rotatable bonds is 3. The smallest absolute Gasteiger partial charge is 0.308 e. The summed E-state index contributed by atoms with van der Waals surface area (Å²) in [5, 5.41) is 17.8. The van der Waals surface area contributed by atoms with Crippen molar-refractivity contribution in [3.05, 3.63) is 56.5 Å². The van der Waals surface area contributed by atoms with Crippen LogP contribution >= 0.6 is 0 Å². The Morgan fingerprint density at radius 1 is 1.19 bits per heavy atom. The van der Waals surface area contributed by atoms with Crippen LogP contribution in [-0.2, 0) is 11.3 Å². The zero-order valence-electron chi connectivity index (χ0n) is 15.0. The van der Waals surface area contributed by atoms with Crippen LogP contribution in [0.15, 0.2) is 23.0 Å². The third-order valence-corrected chi connectivity index (χ3v) is 4.06. The number of anilines is 1. The van der Waals surface area contributed by atoms with E-state index in [9.17, 15) is 14.4 Å². The SMILES string of the molecule is Cc1ccc(NC(=O)NC(=O)Cn2nc(C)c(C)c(C#N)c2=O)cc1C. The van der Waals surface area contributed by atoms with Gasteiger partial charge in [0.2, 0.25) is 5.91 Å². The summed E-state index contributed by atoms with van der Waals surface area (Å²) in [6, 6.07) is 6.47. The van der Waals surface area contributed by atoms with E-state index in [1.165, 1.54) is 0 Å². The van der Waals surface area contributed by atoms with Crippen molar-refractivity contribution in [3.63, 3.8) is 0 Å². The van der Waals surface area contributed by atoms with Gasteiger partial charge in [0.15, 0.2) is 0 Å². The number of carbonyl (C=O) groups excluding carboxylic acids is 2. The van der Waals surface area contributed by atoms with Crippen LogP contribution in [0.25, 0.3) is 0 Å². The quantitative estimate of drug-likeness (QED) is 0.871. The summed E-state index contributed by atoms with van der Waals surface area (Å²) in [6.45, 7) is 6.65. The van der Waals surface area contributed by atoms with Gasteiger partial charge in [-0.15, -0.1) is 0 Å². The molecule has 0 spiro atoms. The van der Waals surface area contributed by atoms with Crippen LogP contribution < -0.4 is 16.2 Å². The lowest BCUT2D eigenvalue weighted by Crippen LogP contribution is -2.40. The Morgan fingerprint density at radius 2 is 1.88 bits per heavy atom. The largest absolute Gasteiger partial charge is 0.325 e. The zero-order chi connectivity index (χ0) is 19.4. The Labute approximate surface area is 150 Å². The second kappa shape index (κ2) is 7.61. The maximum Gasteiger partial charge on any atom is 0.325 e. The fourth-order valence-electron chi connectivity index (χ4n) is 2.29. The molecular formula is C18H19N5O3. The molecule has 0 saturated heterocycles. The van der Waals surface area contributed by atoms with Gasteiger partial charge in [-0.2, -0.15) is 10.4 Å². The van der Waals surface area contributed by atoms with Gasteiger partial charge < -0.3 is 5.32 Å². The summed E-state index contributed by atoms with van der Waals surface area (Å²) in [5.74, 6) is -0.715. The summed E-state index contributed by atoms with van der Waals surface area (Å²) in [4.78, 5) is 36.1. The van der Waals surface area contributed by atoms with Gasteiger partial charge in [0.1, 0.15) is 18.2 Å². The van der Waals surface area contributed by atoms with Crippen molar-refractivity contribution < 1.29 is 9.59 Å². The average molecular weight is 353 g/mol. The van der Waals surface area contributed by atoms with E-state index in [4.69, 9.17) is 5.26 Å². The number of nitrogens with zero attached hydrogens (tertiary/aromatic N) is 3. The lowest BCUT2D eigenvalue weighted by Gasteiger charge is -2.10. The van der Waals surface area contributed by atoms with Gasteiger partial charge in [-0.3, -0.25) is 14.9 Å². The van der Waals surface area contributed by atoms with E-state index in [1.54, 1.807) is 26.0 Å². The molecular weight excluding hydrogens is 334 g/mol. The first-order valence-electron chi connectivity index (χ1n) is 7.89.